The average molecular weight is 230 g/mol. The van der Waals surface area contributed by atoms with Crippen LogP contribution in [0.1, 0.15) is 24.8 Å². The molecule has 0 saturated carbocycles. The summed E-state index contributed by atoms with van der Waals surface area (Å²) in [6.45, 7) is 7.60. The van der Waals surface area contributed by atoms with Crippen LogP contribution in [0.3, 0.4) is 0 Å². The van der Waals surface area contributed by atoms with Crippen LogP contribution in [-0.2, 0) is 6.42 Å². The molecule has 1 aromatic carbocycles. The Morgan fingerprint density at radius 3 is 2.65 bits per heavy atom. The minimum absolute atomic E-state index is 0.201. The van der Waals surface area contributed by atoms with Crippen LogP contribution in [0.25, 0.3) is 0 Å². The van der Waals surface area contributed by atoms with Gasteiger partial charge in [0.05, 0.1) is 0 Å². The Labute approximate surface area is 102 Å². The van der Waals surface area contributed by atoms with Crippen LogP contribution in [0.4, 0.5) is 0 Å². The summed E-state index contributed by atoms with van der Waals surface area (Å²) in [5.74, 6) is 1.17. The maximum Gasteiger partial charge on any atom is 0.123 e. The summed E-state index contributed by atoms with van der Waals surface area (Å²) >= 11 is 0. The Morgan fingerprint density at radius 2 is 2.00 bits per heavy atom. The molecule has 0 aliphatic carbocycles. The summed E-state index contributed by atoms with van der Waals surface area (Å²) in [6, 6.07) is 5.28. The second kappa shape index (κ2) is 4.66. The summed E-state index contributed by atoms with van der Waals surface area (Å²) in [7, 11) is 0. The van der Waals surface area contributed by atoms with Gasteiger partial charge >= 0.3 is 0 Å². The van der Waals surface area contributed by atoms with Crippen molar-refractivity contribution in [3.05, 3.63) is 49.1 Å². The van der Waals surface area contributed by atoms with Crippen LogP contribution in [0.15, 0.2) is 43.5 Å². The molecule has 0 spiro atoms. The van der Waals surface area contributed by atoms with Crippen molar-refractivity contribution in [1.29, 1.82) is 0 Å². The van der Waals surface area contributed by atoms with Crippen molar-refractivity contribution in [2.24, 2.45) is 0 Å². The molecule has 1 aliphatic heterocycles. The first-order chi connectivity index (χ1) is 8.19. The summed E-state index contributed by atoms with van der Waals surface area (Å²) in [6.07, 6.45) is 7.29. The van der Waals surface area contributed by atoms with Gasteiger partial charge in [0, 0.05) is 12.8 Å². The molecule has 0 amide bonds. The van der Waals surface area contributed by atoms with E-state index >= 15 is 0 Å². The van der Waals surface area contributed by atoms with Crippen LogP contribution in [0, 0.1) is 0 Å². The summed E-state index contributed by atoms with van der Waals surface area (Å²) < 4.78 is 6.10. The Morgan fingerprint density at radius 1 is 1.29 bits per heavy atom. The lowest BCUT2D eigenvalue weighted by atomic mass is 9.85. The molecular formula is C15H18O2. The second-order valence-corrected chi connectivity index (χ2v) is 4.56. The molecule has 0 radical (unpaired) electrons. The molecule has 0 bridgehead atoms. The van der Waals surface area contributed by atoms with E-state index in [9.17, 15) is 5.11 Å². The average Bonchev–Trinajstić information content (AvgIpc) is 2.30. The van der Waals surface area contributed by atoms with Gasteiger partial charge in [0.25, 0.3) is 0 Å². The first-order valence-corrected chi connectivity index (χ1v) is 5.92. The number of rotatable bonds is 4. The monoisotopic (exact) mass is 230 g/mol. The van der Waals surface area contributed by atoms with E-state index in [-0.39, 0.29) is 5.60 Å². The van der Waals surface area contributed by atoms with Gasteiger partial charge in [-0.3, -0.25) is 0 Å². The van der Waals surface area contributed by atoms with E-state index in [0.717, 1.165) is 37.0 Å². The quantitative estimate of drug-likeness (QED) is 0.801. The van der Waals surface area contributed by atoms with Crippen LogP contribution in [0.2, 0.25) is 0 Å². The lowest BCUT2D eigenvalue weighted by Crippen LogP contribution is -2.38. The fourth-order valence-electron chi connectivity index (χ4n) is 2.40. The molecule has 0 unspecified atom stereocenters. The Hall–Kier alpha value is -1.70. The fourth-order valence-corrected chi connectivity index (χ4v) is 2.40. The molecule has 2 rings (SSSR count). The third-order valence-corrected chi connectivity index (χ3v) is 3.25. The molecular weight excluding hydrogens is 212 g/mol. The van der Waals surface area contributed by atoms with Crippen molar-refractivity contribution in [2.75, 3.05) is 0 Å². The third-order valence-electron chi connectivity index (χ3n) is 3.25. The SMILES string of the molecule is C=CCC1(CC=C)CCc2cc(O)ccc2O1. The van der Waals surface area contributed by atoms with Crippen molar-refractivity contribution in [3.8, 4) is 11.5 Å². The molecule has 1 aromatic rings. The van der Waals surface area contributed by atoms with E-state index in [1.807, 2.05) is 18.2 Å². The zero-order chi connectivity index (χ0) is 12.3. The molecule has 0 fully saturated rings. The number of hydrogen-bond donors (Lipinski definition) is 1. The van der Waals surface area contributed by atoms with Crippen molar-refractivity contribution in [1.82, 2.24) is 0 Å². The van der Waals surface area contributed by atoms with Crippen LogP contribution < -0.4 is 4.74 Å². The van der Waals surface area contributed by atoms with E-state index in [1.54, 1.807) is 12.1 Å². The number of ether oxygens (including phenoxy) is 1. The van der Waals surface area contributed by atoms with E-state index < -0.39 is 0 Å². The third kappa shape index (κ3) is 2.36. The Balaban J connectivity index is 2.28. The molecule has 0 aromatic heterocycles. The molecule has 0 atom stereocenters. The molecule has 0 saturated heterocycles. The van der Waals surface area contributed by atoms with E-state index in [0.29, 0.717) is 5.75 Å². The minimum atomic E-state index is -0.201. The maximum absolute atomic E-state index is 9.44. The topological polar surface area (TPSA) is 29.5 Å². The van der Waals surface area contributed by atoms with Gasteiger partial charge in [0.15, 0.2) is 0 Å². The van der Waals surface area contributed by atoms with Crippen LogP contribution >= 0.6 is 0 Å². The highest BCUT2D eigenvalue weighted by Gasteiger charge is 2.34. The number of fused-ring (bicyclic) bond motifs is 1. The lowest BCUT2D eigenvalue weighted by molar-refractivity contribution is 0.0518. The van der Waals surface area contributed by atoms with Gasteiger partial charge in [-0.15, -0.1) is 13.2 Å². The van der Waals surface area contributed by atoms with Crippen molar-refractivity contribution < 1.29 is 9.84 Å². The predicted octanol–water partition coefficient (Wildman–Crippen LogP) is 3.61. The maximum atomic E-state index is 9.44. The van der Waals surface area contributed by atoms with Gasteiger partial charge in [-0.25, -0.2) is 0 Å². The van der Waals surface area contributed by atoms with Gasteiger partial charge in [0.1, 0.15) is 17.1 Å². The number of hydrogen-bond acceptors (Lipinski definition) is 2. The molecule has 90 valence electrons. The predicted molar refractivity (Wildman–Crippen MR) is 69.4 cm³/mol. The first kappa shape index (κ1) is 11.8. The number of phenols is 1. The van der Waals surface area contributed by atoms with E-state index in [2.05, 4.69) is 13.2 Å². The second-order valence-electron chi connectivity index (χ2n) is 4.56. The highest BCUT2D eigenvalue weighted by Crippen LogP contribution is 2.38. The number of aryl methyl sites for hydroxylation is 1. The van der Waals surface area contributed by atoms with Gasteiger partial charge in [0.2, 0.25) is 0 Å². The largest absolute Gasteiger partial charge is 0.508 e. The fraction of sp³-hybridized carbons (Fsp3) is 0.333. The number of benzene rings is 1. The molecule has 1 N–H and O–H groups in total. The minimum Gasteiger partial charge on any atom is -0.508 e. The zero-order valence-corrected chi connectivity index (χ0v) is 9.98. The van der Waals surface area contributed by atoms with Gasteiger partial charge in [-0.2, -0.15) is 0 Å². The standard InChI is InChI=1S/C15H18O2/c1-3-8-15(9-4-2)10-7-12-11-13(16)5-6-14(12)17-15/h3-6,11,16H,1-2,7-10H2. The van der Waals surface area contributed by atoms with Gasteiger partial charge < -0.3 is 9.84 Å². The van der Waals surface area contributed by atoms with Crippen molar-refractivity contribution in [3.63, 3.8) is 0 Å². The Kier molecular flexibility index (Phi) is 3.23. The molecule has 2 heteroatoms. The smallest absolute Gasteiger partial charge is 0.123 e. The number of phenolic OH excluding ortho intramolecular Hbond substituents is 1. The Bertz CT molecular complexity index is 425. The highest BCUT2D eigenvalue weighted by molar-refractivity contribution is 5.41. The lowest BCUT2D eigenvalue weighted by Gasteiger charge is -2.37. The normalized spacial score (nSPS) is 16.7. The van der Waals surface area contributed by atoms with Crippen LogP contribution in [-0.4, -0.2) is 10.7 Å². The summed E-state index contributed by atoms with van der Waals surface area (Å²) in [5.41, 5.74) is 0.877. The van der Waals surface area contributed by atoms with Crippen LogP contribution in [0.5, 0.6) is 11.5 Å². The molecule has 2 nitrogen and oxygen atoms in total. The molecule has 17 heavy (non-hydrogen) atoms. The van der Waals surface area contributed by atoms with Crippen molar-refractivity contribution >= 4 is 0 Å². The molecule has 1 heterocycles. The molecule has 1 aliphatic rings. The summed E-state index contributed by atoms with van der Waals surface area (Å²) in [5, 5.41) is 9.44. The first-order valence-electron chi connectivity index (χ1n) is 5.92. The summed E-state index contributed by atoms with van der Waals surface area (Å²) in [4.78, 5) is 0. The number of aromatic hydroxyl groups is 1. The van der Waals surface area contributed by atoms with E-state index in [1.165, 1.54) is 0 Å². The van der Waals surface area contributed by atoms with Crippen molar-refractivity contribution in [2.45, 2.75) is 31.3 Å². The highest BCUT2D eigenvalue weighted by atomic mass is 16.5. The zero-order valence-electron chi connectivity index (χ0n) is 9.98. The van der Waals surface area contributed by atoms with E-state index in [4.69, 9.17) is 4.74 Å². The van der Waals surface area contributed by atoms with Gasteiger partial charge in [-0.1, -0.05) is 12.2 Å². The van der Waals surface area contributed by atoms with Gasteiger partial charge in [-0.05, 0) is 36.6 Å².